The van der Waals surface area contributed by atoms with Crippen LogP contribution in [0.4, 0.5) is 5.69 Å². The van der Waals surface area contributed by atoms with E-state index >= 15 is 0 Å². The Kier molecular flexibility index (Phi) is 6.09. The zero-order chi connectivity index (χ0) is 22.7. The number of nitrogens with zero attached hydrogens (tertiary/aromatic N) is 2. The van der Waals surface area contributed by atoms with Crippen LogP contribution in [0.25, 0.3) is 22.7 Å². The van der Waals surface area contributed by atoms with Gasteiger partial charge in [-0.25, -0.2) is 4.98 Å². The molecule has 32 heavy (non-hydrogen) atoms. The fourth-order valence-electron chi connectivity index (χ4n) is 3.27. The van der Waals surface area contributed by atoms with Gasteiger partial charge in [-0.2, -0.15) is 0 Å². The number of anilines is 1. The fourth-order valence-corrected chi connectivity index (χ4v) is 3.53. The van der Waals surface area contributed by atoms with E-state index in [0.717, 1.165) is 4.47 Å². The Labute approximate surface area is 192 Å². The van der Waals surface area contributed by atoms with Gasteiger partial charge in [0.1, 0.15) is 5.82 Å². The molecule has 4 rings (SSSR count). The molecule has 1 aromatic heterocycles. The van der Waals surface area contributed by atoms with Crippen molar-refractivity contribution in [3.63, 3.8) is 0 Å². The number of fused-ring (bicyclic) bond motifs is 1. The first kappa shape index (κ1) is 21.4. The second-order valence-corrected chi connectivity index (χ2v) is 7.98. The second kappa shape index (κ2) is 9.11. The summed E-state index contributed by atoms with van der Waals surface area (Å²) < 4.78 is 2.37. The molecule has 0 fully saturated rings. The molecule has 1 amide bonds. The normalized spacial score (nSPS) is 11.1. The number of carbonyl (C=O) groups is 2. The van der Waals surface area contributed by atoms with E-state index in [4.69, 9.17) is 0 Å². The molecular formula is C25H18BrN3O3. The van der Waals surface area contributed by atoms with Crippen LogP contribution in [0.5, 0.6) is 0 Å². The van der Waals surface area contributed by atoms with Gasteiger partial charge in [-0.05, 0) is 72.8 Å². The van der Waals surface area contributed by atoms with Crippen LogP contribution in [0.1, 0.15) is 23.1 Å². The number of halogens is 1. The lowest BCUT2D eigenvalue weighted by molar-refractivity contribution is -0.114. The average molecular weight is 488 g/mol. The van der Waals surface area contributed by atoms with Crippen molar-refractivity contribution >= 4 is 50.3 Å². The molecule has 0 atom stereocenters. The molecule has 0 saturated carbocycles. The minimum Gasteiger partial charge on any atom is -0.326 e. The molecule has 3 aromatic carbocycles. The molecule has 7 heteroatoms. The van der Waals surface area contributed by atoms with Gasteiger partial charge in [0, 0.05) is 22.6 Å². The molecule has 6 nitrogen and oxygen atoms in total. The van der Waals surface area contributed by atoms with Crippen molar-refractivity contribution in [3.8, 4) is 5.69 Å². The van der Waals surface area contributed by atoms with Gasteiger partial charge in [-0.15, -0.1) is 0 Å². The van der Waals surface area contributed by atoms with Crippen molar-refractivity contribution in [2.24, 2.45) is 0 Å². The monoisotopic (exact) mass is 487 g/mol. The highest BCUT2D eigenvalue weighted by Crippen LogP contribution is 2.18. The lowest BCUT2D eigenvalue weighted by atomic mass is 10.1. The van der Waals surface area contributed by atoms with Crippen LogP contribution < -0.4 is 10.9 Å². The Morgan fingerprint density at radius 2 is 1.66 bits per heavy atom. The summed E-state index contributed by atoms with van der Waals surface area (Å²) in [6.45, 7) is 1.42. The number of carbonyl (C=O) groups excluding carboxylic acids is 2. The number of amides is 1. The van der Waals surface area contributed by atoms with Crippen LogP contribution in [0, 0.1) is 0 Å². The van der Waals surface area contributed by atoms with Crippen LogP contribution in [-0.2, 0) is 4.79 Å². The summed E-state index contributed by atoms with van der Waals surface area (Å²) >= 11 is 3.40. The Hall–Kier alpha value is -3.84. The van der Waals surface area contributed by atoms with Crippen LogP contribution >= 0.6 is 15.9 Å². The third kappa shape index (κ3) is 4.58. The van der Waals surface area contributed by atoms with Gasteiger partial charge in [0.15, 0.2) is 5.78 Å². The molecule has 0 saturated heterocycles. The maximum absolute atomic E-state index is 13.2. The van der Waals surface area contributed by atoms with Gasteiger partial charge in [0.25, 0.3) is 5.56 Å². The molecule has 1 heterocycles. The quantitative estimate of drug-likeness (QED) is 0.317. The van der Waals surface area contributed by atoms with E-state index in [0.29, 0.717) is 33.7 Å². The van der Waals surface area contributed by atoms with Crippen molar-refractivity contribution in [1.82, 2.24) is 9.55 Å². The lowest BCUT2D eigenvalue weighted by Gasteiger charge is -2.11. The zero-order valence-electron chi connectivity index (χ0n) is 17.1. The van der Waals surface area contributed by atoms with E-state index < -0.39 is 0 Å². The zero-order valence-corrected chi connectivity index (χ0v) is 18.7. The molecule has 0 aliphatic heterocycles. The molecule has 0 unspecified atom stereocenters. The molecule has 0 bridgehead atoms. The van der Waals surface area contributed by atoms with E-state index in [1.807, 2.05) is 30.3 Å². The number of hydrogen-bond acceptors (Lipinski definition) is 4. The highest BCUT2D eigenvalue weighted by molar-refractivity contribution is 9.10. The summed E-state index contributed by atoms with van der Waals surface area (Å²) in [4.78, 5) is 41.7. The second-order valence-electron chi connectivity index (χ2n) is 7.06. The summed E-state index contributed by atoms with van der Waals surface area (Å²) in [6, 6.07) is 21.0. The van der Waals surface area contributed by atoms with E-state index in [2.05, 4.69) is 26.2 Å². The van der Waals surface area contributed by atoms with Crippen molar-refractivity contribution in [2.75, 3.05) is 5.32 Å². The molecular weight excluding hydrogens is 470 g/mol. The summed E-state index contributed by atoms with van der Waals surface area (Å²) in [6.07, 6.45) is 2.93. The van der Waals surface area contributed by atoms with Crippen molar-refractivity contribution in [2.45, 2.75) is 6.92 Å². The standard InChI is InChI=1S/C25H18BrN3O3/c1-16(30)27-19-10-6-17(7-11-19)23(31)14-15-24-28-22-5-3-2-4-21(22)25(32)29(24)20-12-8-18(26)9-13-20/h2-15H,1H3,(H,27,30)/b15-14+. The van der Waals surface area contributed by atoms with Gasteiger partial charge in [0.05, 0.1) is 16.6 Å². The first-order valence-electron chi connectivity index (χ1n) is 9.80. The topological polar surface area (TPSA) is 81.1 Å². The minimum absolute atomic E-state index is 0.183. The molecule has 0 aliphatic rings. The van der Waals surface area contributed by atoms with Crippen molar-refractivity contribution in [1.29, 1.82) is 0 Å². The highest BCUT2D eigenvalue weighted by atomic mass is 79.9. The Morgan fingerprint density at radius 1 is 0.969 bits per heavy atom. The third-order valence-electron chi connectivity index (χ3n) is 4.76. The molecule has 0 radical (unpaired) electrons. The summed E-state index contributed by atoms with van der Waals surface area (Å²) in [5, 5.41) is 3.15. The Morgan fingerprint density at radius 3 is 2.34 bits per heavy atom. The number of para-hydroxylation sites is 1. The number of nitrogens with one attached hydrogen (secondary N) is 1. The number of allylic oxidation sites excluding steroid dienone is 1. The Balaban J connectivity index is 1.74. The molecule has 1 N–H and O–H groups in total. The molecule has 4 aromatic rings. The van der Waals surface area contributed by atoms with Gasteiger partial charge < -0.3 is 5.32 Å². The number of rotatable bonds is 5. The summed E-state index contributed by atoms with van der Waals surface area (Å²) in [7, 11) is 0. The molecule has 0 aliphatic carbocycles. The number of hydrogen-bond donors (Lipinski definition) is 1. The number of benzene rings is 3. The van der Waals surface area contributed by atoms with Gasteiger partial charge in [-0.3, -0.25) is 19.0 Å². The smallest absolute Gasteiger partial charge is 0.266 e. The van der Waals surface area contributed by atoms with E-state index in [9.17, 15) is 14.4 Å². The Bertz CT molecular complexity index is 1410. The third-order valence-corrected chi connectivity index (χ3v) is 5.29. The van der Waals surface area contributed by atoms with Crippen LogP contribution in [0.2, 0.25) is 0 Å². The molecule has 158 valence electrons. The van der Waals surface area contributed by atoms with Gasteiger partial charge >= 0.3 is 0 Å². The summed E-state index contributed by atoms with van der Waals surface area (Å²) in [5.41, 5.74) is 2.04. The van der Waals surface area contributed by atoms with E-state index in [1.54, 1.807) is 48.5 Å². The maximum Gasteiger partial charge on any atom is 0.266 e. The van der Waals surface area contributed by atoms with Crippen LogP contribution in [0.15, 0.2) is 88.1 Å². The lowest BCUT2D eigenvalue weighted by Crippen LogP contribution is -2.22. The number of aromatic nitrogens is 2. The van der Waals surface area contributed by atoms with Gasteiger partial charge in [-0.1, -0.05) is 28.1 Å². The first-order valence-corrected chi connectivity index (χ1v) is 10.6. The van der Waals surface area contributed by atoms with E-state index in [1.165, 1.54) is 17.6 Å². The first-order chi connectivity index (χ1) is 15.4. The van der Waals surface area contributed by atoms with Crippen molar-refractivity contribution in [3.05, 3.63) is 105 Å². The summed E-state index contributed by atoms with van der Waals surface area (Å²) in [5.74, 6) is -0.0827. The largest absolute Gasteiger partial charge is 0.326 e. The highest BCUT2D eigenvalue weighted by Gasteiger charge is 2.12. The van der Waals surface area contributed by atoms with Crippen LogP contribution in [0.3, 0.4) is 0 Å². The predicted octanol–water partition coefficient (Wildman–Crippen LogP) is 5.00. The molecule has 0 spiro atoms. The van der Waals surface area contributed by atoms with E-state index in [-0.39, 0.29) is 17.2 Å². The predicted molar refractivity (Wildman–Crippen MR) is 129 cm³/mol. The number of ketones is 1. The van der Waals surface area contributed by atoms with Gasteiger partial charge in [0.2, 0.25) is 5.91 Å². The minimum atomic E-state index is -0.246. The SMILES string of the molecule is CC(=O)Nc1ccc(C(=O)/C=C/c2nc3ccccc3c(=O)n2-c2ccc(Br)cc2)cc1. The fraction of sp³-hybridized carbons (Fsp3) is 0.0400. The van der Waals surface area contributed by atoms with Crippen molar-refractivity contribution < 1.29 is 9.59 Å². The average Bonchev–Trinajstić information content (AvgIpc) is 2.78. The van der Waals surface area contributed by atoms with Crippen LogP contribution in [-0.4, -0.2) is 21.2 Å². The maximum atomic E-state index is 13.2.